The molecule has 2 aromatic carbocycles. The lowest BCUT2D eigenvalue weighted by Gasteiger charge is -2.13. The van der Waals surface area contributed by atoms with Crippen LogP contribution in [-0.2, 0) is 12.8 Å². The Bertz CT molecular complexity index is 1080. The second-order valence-electron chi connectivity index (χ2n) is 6.49. The summed E-state index contributed by atoms with van der Waals surface area (Å²) in [5.74, 6) is 0.875. The molecule has 0 spiro atoms. The third-order valence-electron chi connectivity index (χ3n) is 4.72. The van der Waals surface area contributed by atoms with Crippen molar-refractivity contribution in [1.82, 2.24) is 9.97 Å². The van der Waals surface area contributed by atoms with Crippen molar-refractivity contribution in [1.29, 1.82) is 0 Å². The van der Waals surface area contributed by atoms with Crippen LogP contribution in [0.15, 0.2) is 77.7 Å². The standard InChI is InChI=1S/C23H20BrN3/c1-2-17-7-8-19(14-22(17)24)27-23-21-6-4-3-5-20(21)18(15-26-23)13-16-9-11-25-12-10-16/h3-12,14-15H,2,13H2,1H3,(H,26,27). The Hall–Kier alpha value is -2.72. The van der Waals surface area contributed by atoms with E-state index < -0.39 is 0 Å². The fraction of sp³-hybridized carbons (Fsp3) is 0.130. The first kappa shape index (κ1) is 17.7. The zero-order valence-corrected chi connectivity index (χ0v) is 16.7. The molecular formula is C23H20BrN3. The Labute approximate surface area is 167 Å². The topological polar surface area (TPSA) is 37.8 Å². The van der Waals surface area contributed by atoms with Crippen LogP contribution in [0.3, 0.4) is 0 Å². The minimum Gasteiger partial charge on any atom is -0.340 e. The number of aromatic nitrogens is 2. The lowest BCUT2D eigenvalue weighted by Crippen LogP contribution is -1.99. The van der Waals surface area contributed by atoms with E-state index in [1.807, 2.05) is 30.7 Å². The van der Waals surface area contributed by atoms with Gasteiger partial charge in [-0.1, -0.05) is 53.2 Å². The molecule has 0 bridgehead atoms. The van der Waals surface area contributed by atoms with Crippen LogP contribution in [0.2, 0.25) is 0 Å². The molecule has 0 fully saturated rings. The minimum atomic E-state index is 0.840. The van der Waals surface area contributed by atoms with E-state index in [-0.39, 0.29) is 0 Å². The molecular weight excluding hydrogens is 398 g/mol. The molecule has 4 rings (SSSR count). The van der Waals surface area contributed by atoms with Gasteiger partial charge in [-0.3, -0.25) is 4.98 Å². The van der Waals surface area contributed by atoms with E-state index in [1.54, 1.807) is 0 Å². The summed E-state index contributed by atoms with van der Waals surface area (Å²) in [6.07, 6.45) is 7.48. The van der Waals surface area contributed by atoms with E-state index in [0.717, 1.165) is 34.2 Å². The third-order valence-corrected chi connectivity index (χ3v) is 5.46. The van der Waals surface area contributed by atoms with Crippen LogP contribution in [0.4, 0.5) is 11.5 Å². The zero-order valence-electron chi connectivity index (χ0n) is 15.1. The van der Waals surface area contributed by atoms with E-state index in [9.17, 15) is 0 Å². The summed E-state index contributed by atoms with van der Waals surface area (Å²) < 4.78 is 1.12. The maximum Gasteiger partial charge on any atom is 0.138 e. The number of hydrogen-bond donors (Lipinski definition) is 1. The molecule has 4 heteroatoms. The van der Waals surface area contributed by atoms with Gasteiger partial charge in [-0.2, -0.15) is 0 Å². The van der Waals surface area contributed by atoms with Crippen molar-refractivity contribution in [2.24, 2.45) is 0 Å². The molecule has 0 aliphatic carbocycles. The van der Waals surface area contributed by atoms with Gasteiger partial charge in [0.1, 0.15) is 5.82 Å². The highest BCUT2D eigenvalue weighted by Gasteiger charge is 2.09. The predicted octanol–water partition coefficient (Wildman–Crippen LogP) is 6.29. The SMILES string of the molecule is CCc1ccc(Nc2ncc(Cc3ccncc3)c3ccccc23)cc1Br. The molecule has 27 heavy (non-hydrogen) atoms. The molecule has 0 unspecified atom stereocenters. The highest BCUT2D eigenvalue weighted by atomic mass is 79.9. The highest BCUT2D eigenvalue weighted by Crippen LogP contribution is 2.30. The van der Waals surface area contributed by atoms with Crippen molar-refractivity contribution in [3.63, 3.8) is 0 Å². The van der Waals surface area contributed by atoms with Crippen LogP contribution in [0.5, 0.6) is 0 Å². The molecule has 0 radical (unpaired) electrons. The van der Waals surface area contributed by atoms with Gasteiger partial charge in [-0.15, -0.1) is 0 Å². The van der Waals surface area contributed by atoms with Gasteiger partial charge in [-0.05, 0) is 59.2 Å². The van der Waals surface area contributed by atoms with E-state index in [4.69, 9.17) is 4.98 Å². The molecule has 0 amide bonds. The first-order valence-corrected chi connectivity index (χ1v) is 9.85. The second-order valence-corrected chi connectivity index (χ2v) is 7.35. The van der Waals surface area contributed by atoms with Crippen LogP contribution in [-0.4, -0.2) is 9.97 Å². The van der Waals surface area contributed by atoms with E-state index >= 15 is 0 Å². The van der Waals surface area contributed by atoms with Gasteiger partial charge < -0.3 is 5.32 Å². The molecule has 2 heterocycles. The zero-order chi connectivity index (χ0) is 18.6. The summed E-state index contributed by atoms with van der Waals surface area (Å²) in [5, 5.41) is 5.82. The molecule has 0 aliphatic rings. The van der Waals surface area contributed by atoms with Crippen molar-refractivity contribution in [3.05, 3.63) is 94.4 Å². The average molecular weight is 418 g/mol. The Morgan fingerprint density at radius 2 is 1.70 bits per heavy atom. The van der Waals surface area contributed by atoms with Gasteiger partial charge in [-0.25, -0.2) is 4.98 Å². The second kappa shape index (κ2) is 7.89. The van der Waals surface area contributed by atoms with E-state index in [2.05, 4.69) is 75.6 Å². The Morgan fingerprint density at radius 1 is 0.926 bits per heavy atom. The molecule has 3 nitrogen and oxygen atoms in total. The molecule has 134 valence electrons. The first-order chi connectivity index (χ1) is 13.2. The third kappa shape index (κ3) is 3.86. The van der Waals surface area contributed by atoms with Gasteiger partial charge in [0.15, 0.2) is 0 Å². The van der Waals surface area contributed by atoms with Crippen molar-refractivity contribution in [2.45, 2.75) is 19.8 Å². The number of aryl methyl sites for hydroxylation is 1. The lowest BCUT2D eigenvalue weighted by atomic mass is 10.0. The maximum absolute atomic E-state index is 4.73. The number of nitrogens with zero attached hydrogens (tertiary/aromatic N) is 2. The quantitative estimate of drug-likeness (QED) is 0.414. The maximum atomic E-state index is 4.73. The van der Waals surface area contributed by atoms with Crippen molar-refractivity contribution >= 4 is 38.2 Å². The molecule has 1 N–H and O–H groups in total. The Morgan fingerprint density at radius 3 is 2.44 bits per heavy atom. The van der Waals surface area contributed by atoms with E-state index in [1.165, 1.54) is 22.1 Å². The monoisotopic (exact) mass is 417 g/mol. The van der Waals surface area contributed by atoms with Crippen LogP contribution >= 0.6 is 15.9 Å². The van der Waals surface area contributed by atoms with Gasteiger partial charge >= 0.3 is 0 Å². The number of halogens is 1. The largest absolute Gasteiger partial charge is 0.340 e. The number of fused-ring (bicyclic) bond motifs is 1. The van der Waals surface area contributed by atoms with Crippen LogP contribution < -0.4 is 5.32 Å². The summed E-state index contributed by atoms with van der Waals surface area (Å²) >= 11 is 3.65. The molecule has 0 saturated carbocycles. The summed E-state index contributed by atoms with van der Waals surface area (Å²) in [5.41, 5.74) is 4.77. The molecule has 2 aromatic heterocycles. The van der Waals surface area contributed by atoms with Gasteiger partial charge in [0.2, 0.25) is 0 Å². The van der Waals surface area contributed by atoms with E-state index in [0.29, 0.717) is 0 Å². The van der Waals surface area contributed by atoms with Crippen molar-refractivity contribution in [2.75, 3.05) is 5.32 Å². The van der Waals surface area contributed by atoms with Gasteiger partial charge in [0, 0.05) is 34.1 Å². The summed E-state index contributed by atoms with van der Waals surface area (Å²) in [6.45, 7) is 2.16. The fourth-order valence-corrected chi connectivity index (χ4v) is 3.92. The number of rotatable bonds is 5. The number of anilines is 2. The summed E-state index contributed by atoms with van der Waals surface area (Å²) in [4.78, 5) is 8.83. The summed E-state index contributed by atoms with van der Waals surface area (Å²) in [7, 11) is 0. The molecule has 0 saturated heterocycles. The lowest BCUT2D eigenvalue weighted by molar-refractivity contribution is 1.13. The molecule has 0 aliphatic heterocycles. The molecule has 0 atom stereocenters. The smallest absolute Gasteiger partial charge is 0.138 e. The minimum absolute atomic E-state index is 0.840. The predicted molar refractivity (Wildman–Crippen MR) is 116 cm³/mol. The van der Waals surface area contributed by atoms with Crippen molar-refractivity contribution < 1.29 is 0 Å². The van der Waals surface area contributed by atoms with Crippen molar-refractivity contribution in [3.8, 4) is 0 Å². The van der Waals surface area contributed by atoms with Gasteiger partial charge in [0.25, 0.3) is 0 Å². The number of hydrogen-bond acceptors (Lipinski definition) is 3. The fourth-order valence-electron chi connectivity index (χ4n) is 3.26. The number of nitrogens with one attached hydrogen (secondary N) is 1. The summed E-state index contributed by atoms with van der Waals surface area (Å²) in [6, 6.07) is 18.9. The first-order valence-electron chi connectivity index (χ1n) is 9.05. The number of benzene rings is 2. The highest BCUT2D eigenvalue weighted by molar-refractivity contribution is 9.10. The normalized spacial score (nSPS) is 10.9. The van der Waals surface area contributed by atoms with Crippen LogP contribution in [0.1, 0.15) is 23.6 Å². The average Bonchev–Trinajstić information content (AvgIpc) is 2.71. The number of pyridine rings is 2. The van der Waals surface area contributed by atoms with Crippen LogP contribution in [0, 0.1) is 0 Å². The molecule has 4 aromatic rings. The van der Waals surface area contributed by atoms with Gasteiger partial charge in [0.05, 0.1) is 0 Å². The Kier molecular flexibility index (Phi) is 5.16. The Balaban J connectivity index is 1.70. The van der Waals surface area contributed by atoms with Crippen LogP contribution in [0.25, 0.3) is 10.8 Å².